The average Bonchev–Trinajstić information content (AvgIpc) is 3.02. The van der Waals surface area contributed by atoms with E-state index >= 15 is 0 Å². The summed E-state index contributed by atoms with van der Waals surface area (Å²) in [6.07, 6.45) is 4.36. The van der Waals surface area contributed by atoms with Crippen molar-refractivity contribution in [3.8, 4) is 11.5 Å². The molecule has 3 N–H and O–H groups in total. The van der Waals surface area contributed by atoms with Crippen molar-refractivity contribution in [2.75, 3.05) is 57.9 Å². The summed E-state index contributed by atoms with van der Waals surface area (Å²) in [6.45, 7) is 6.95. The van der Waals surface area contributed by atoms with Crippen molar-refractivity contribution >= 4 is 5.69 Å². The average molecular weight is 560 g/mol. The Labute approximate surface area is 244 Å². The first-order valence-corrected chi connectivity index (χ1v) is 15.1. The zero-order chi connectivity index (χ0) is 28.3. The number of piperidine rings is 1. The van der Waals surface area contributed by atoms with Crippen molar-refractivity contribution < 1.29 is 18.9 Å². The molecule has 1 saturated heterocycles. The monoisotopic (exact) mass is 559 g/mol. The Hall–Kier alpha value is -3.10. The number of nitrogens with two attached hydrogens (primary N) is 1. The van der Waals surface area contributed by atoms with E-state index in [4.69, 9.17) is 24.7 Å². The number of anilines is 1. The summed E-state index contributed by atoms with van der Waals surface area (Å²) in [6, 6.07) is 23.3. The van der Waals surface area contributed by atoms with E-state index in [1.54, 1.807) is 7.11 Å². The second kappa shape index (κ2) is 15.2. The third kappa shape index (κ3) is 8.01. The minimum absolute atomic E-state index is 0.132. The minimum Gasteiger partial charge on any atom is -0.496 e. The van der Waals surface area contributed by atoms with Gasteiger partial charge in [0.25, 0.3) is 0 Å². The number of rotatable bonds is 14. The molecule has 1 fully saturated rings. The number of nitrogens with one attached hydrogen (secondary N) is 1. The van der Waals surface area contributed by atoms with Crippen LogP contribution in [0.25, 0.3) is 0 Å². The Bertz CT molecular complexity index is 1220. The molecule has 0 radical (unpaired) electrons. The molecular formula is C34H45N3O4. The number of methoxy groups -OCH3 is 1. The first-order valence-electron chi connectivity index (χ1n) is 15.1. The second-order valence-corrected chi connectivity index (χ2v) is 10.9. The molecular weight excluding hydrogens is 514 g/mol. The van der Waals surface area contributed by atoms with Gasteiger partial charge in [0.1, 0.15) is 11.5 Å². The van der Waals surface area contributed by atoms with Crippen LogP contribution in [0, 0.1) is 0 Å². The zero-order valence-electron chi connectivity index (χ0n) is 24.4. The van der Waals surface area contributed by atoms with E-state index in [0.29, 0.717) is 38.9 Å². The van der Waals surface area contributed by atoms with Gasteiger partial charge in [-0.3, -0.25) is 0 Å². The summed E-state index contributed by atoms with van der Waals surface area (Å²) >= 11 is 0. The predicted molar refractivity (Wildman–Crippen MR) is 164 cm³/mol. The fourth-order valence-corrected chi connectivity index (χ4v) is 5.93. The Kier molecular flexibility index (Phi) is 10.9. The lowest BCUT2D eigenvalue weighted by atomic mass is 9.87. The molecule has 7 nitrogen and oxygen atoms in total. The van der Waals surface area contributed by atoms with Crippen molar-refractivity contribution in [3.05, 3.63) is 89.0 Å². The highest BCUT2D eigenvalue weighted by Crippen LogP contribution is 2.32. The fourth-order valence-electron chi connectivity index (χ4n) is 5.93. The van der Waals surface area contributed by atoms with E-state index in [9.17, 15) is 0 Å². The van der Waals surface area contributed by atoms with Gasteiger partial charge in [-0.05, 0) is 66.8 Å². The molecule has 2 aliphatic heterocycles. The first-order chi connectivity index (χ1) is 20.2. The maximum atomic E-state index is 6.54. The summed E-state index contributed by atoms with van der Waals surface area (Å²) in [5, 5.41) is 3.53. The van der Waals surface area contributed by atoms with Crippen molar-refractivity contribution in [1.29, 1.82) is 0 Å². The highest BCUT2D eigenvalue weighted by molar-refractivity contribution is 5.57. The number of ether oxygens (including phenoxy) is 4. The molecule has 3 aromatic carbocycles. The number of hydrogen-bond acceptors (Lipinski definition) is 7. The van der Waals surface area contributed by atoms with Gasteiger partial charge < -0.3 is 34.9 Å². The maximum absolute atomic E-state index is 6.54. The number of nitrogens with zero attached hydrogens (tertiary/aromatic N) is 1. The minimum atomic E-state index is 0.132. The van der Waals surface area contributed by atoms with Crippen LogP contribution in [0.5, 0.6) is 11.5 Å². The van der Waals surface area contributed by atoms with Crippen molar-refractivity contribution in [2.45, 2.75) is 50.9 Å². The van der Waals surface area contributed by atoms with Crippen molar-refractivity contribution in [1.82, 2.24) is 5.32 Å². The van der Waals surface area contributed by atoms with Gasteiger partial charge in [0.15, 0.2) is 0 Å². The van der Waals surface area contributed by atoms with Crippen LogP contribution >= 0.6 is 0 Å². The number of hydrogen-bond donors (Lipinski definition) is 2. The maximum Gasteiger partial charge on any atom is 0.124 e. The lowest BCUT2D eigenvalue weighted by Gasteiger charge is -2.33. The van der Waals surface area contributed by atoms with E-state index in [-0.39, 0.29) is 6.10 Å². The normalized spacial score (nSPS) is 18.6. The third-order valence-corrected chi connectivity index (χ3v) is 8.11. The number of benzene rings is 3. The van der Waals surface area contributed by atoms with E-state index in [0.717, 1.165) is 62.5 Å². The number of aryl methyl sites for hydroxylation is 1. The van der Waals surface area contributed by atoms with Gasteiger partial charge in [-0.25, -0.2) is 0 Å². The summed E-state index contributed by atoms with van der Waals surface area (Å²) in [7, 11) is 1.68. The molecule has 0 bridgehead atoms. The van der Waals surface area contributed by atoms with Crippen LogP contribution < -0.4 is 25.4 Å². The van der Waals surface area contributed by atoms with Crippen LogP contribution in [0.4, 0.5) is 5.69 Å². The lowest BCUT2D eigenvalue weighted by molar-refractivity contribution is 0.0106. The number of fused-ring (bicyclic) bond motifs is 1. The molecule has 0 spiro atoms. The molecule has 220 valence electrons. The smallest absolute Gasteiger partial charge is 0.124 e. The van der Waals surface area contributed by atoms with Crippen molar-refractivity contribution in [2.24, 2.45) is 5.73 Å². The van der Waals surface area contributed by atoms with E-state index < -0.39 is 0 Å². The van der Waals surface area contributed by atoms with Crippen LogP contribution in [0.15, 0.2) is 66.7 Å². The van der Waals surface area contributed by atoms with E-state index in [1.807, 2.05) is 24.3 Å². The summed E-state index contributed by atoms with van der Waals surface area (Å²) < 4.78 is 23.7. The molecule has 0 aromatic heterocycles. The molecule has 41 heavy (non-hydrogen) atoms. The van der Waals surface area contributed by atoms with Gasteiger partial charge >= 0.3 is 0 Å². The van der Waals surface area contributed by atoms with Gasteiger partial charge in [0.2, 0.25) is 0 Å². The molecule has 0 aliphatic carbocycles. The Morgan fingerprint density at radius 2 is 1.88 bits per heavy atom. The molecule has 2 atom stereocenters. The zero-order valence-corrected chi connectivity index (χ0v) is 24.4. The van der Waals surface area contributed by atoms with Gasteiger partial charge in [-0.1, -0.05) is 42.5 Å². The molecule has 7 heteroatoms. The molecule has 0 amide bonds. The van der Waals surface area contributed by atoms with E-state index in [1.165, 1.54) is 28.8 Å². The van der Waals surface area contributed by atoms with Gasteiger partial charge in [-0.15, -0.1) is 0 Å². The molecule has 5 rings (SSSR count). The van der Waals surface area contributed by atoms with Gasteiger partial charge in [0.05, 0.1) is 39.6 Å². The fraction of sp³-hybridized carbons (Fsp3) is 0.471. The van der Waals surface area contributed by atoms with Crippen LogP contribution in [-0.2, 0) is 29.1 Å². The largest absolute Gasteiger partial charge is 0.496 e. The SMILES string of the molecule is COc1ccccc1COCCCOc1ccc(C2CCNCC2OCc2ccc3c(c2)N(CCN)CCC3)cc1. The van der Waals surface area contributed by atoms with E-state index in [2.05, 4.69) is 52.7 Å². The molecule has 2 unspecified atom stereocenters. The summed E-state index contributed by atoms with van der Waals surface area (Å²) in [4.78, 5) is 2.42. The predicted octanol–water partition coefficient (Wildman–Crippen LogP) is 5.05. The van der Waals surface area contributed by atoms with Crippen LogP contribution in [0.2, 0.25) is 0 Å². The van der Waals surface area contributed by atoms with Crippen molar-refractivity contribution in [3.63, 3.8) is 0 Å². The molecule has 2 aliphatic rings. The second-order valence-electron chi connectivity index (χ2n) is 10.9. The molecule has 3 aromatic rings. The van der Waals surface area contributed by atoms with Crippen LogP contribution in [0.3, 0.4) is 0 Å². The van der Waals surface area contributed by atoms with Gasteiger partial charge in [0, 0.05) is 49.8 Å². The lowest BCUT2D eigenvalue weighted by Crippen LogP contribution is -2.41. The summed E-state index contributed by atoms with van der Waals surface area (Å²) in [5.74, 6) is 2.11. The Morgan fingerprint density at radius 3 is 2.73 bits per heavy atom. The first kappa shape index (κ1) is 29.4. The molecule has 2 heterocycles. The van der Waals surface area contributed by atoms with Crippen LogP contribution in [-0.4, -0.2) is 59.2 Å². The number of para-hydroxylation sites is 1. The quantitative estimate of drug-likeness (QED) is 0.268. The van der Waals surface area contributed by atoms with Crippen LogP contribution in [0.1, 0.15) is 47.4 Å². The molecule has 0 saturated carbocycles. The standard InChI is InChI=1S/C34H45N3O4/c1-38-33-8-3-2-6-29(33)25-39-20-5-21-40-30-13-11-27(12-14-30)31-15-17-36-23-34(31)41-24-26-9-10-28-7-4-18-37(19-16-35)32(28)22-26/h2-3,6,8-14,22,31,34,36H,4-5,7,15-21,23-25,35H2,1H3. The highest BCUT2D eigenvalue weighted by atomic mass is 16.5. The Morgan fingerprint density at radius 1 is 1.00 bits per heavy atom. The third-order valence-electron chi connectivity index (χ3n) is 8.11. The Balaban J connectivity index is 1.08. The summed E-state index contributed by atoms with van der Waals surface area (Å²) in [5.41, 5.74) is 12.2. The van der Waals surface area contributed by atoms with Gasteiger partial charge in [-0.2, -0.15) is 0 Å². The highest BCUT2D eigenvalue weighted by Gasteiger charge is 2.27. The topological polar surface area (TPSA) is 78.2 Å².